The zero-order valence-electron chi connectivity index (χ0n) is 28.2. The van der Waals surface area contributed by atoms with Crippen LogP contribution in [0, 0.1) is 12.8 Å². The number of ether oxygens (including phenoxy) is 1. The molecule has 5 rings (SSSR count). The van der Waals surface area contributed by atoms with E-state index in [-0.39, 0.29) is 12.3 Å². The molecule has 3 aromatic carbocycles. The average molecular weight is 661 g/mol. The minimum atomic E-state index is -1.15. The highest BCUT2D eigenvalue weighted by molar-refractivity contribution is 6.01. The molecule has 0 fully saturated rings. The Morgan fingerprint density at radius 2 is 1.67 bits per heavy atom. The molecule has 1 aromatic heterocycles. The van der Waals surface area contributed by atoms with Gasteiger partial charge < -0.3 is 20.0 Å². The number of oxime groups is 1. The zero-order chi connectivity index (χ0) is 35.1. The number of pyridine rings is 1. The van der Waals surface area contributed by atoms with Gasteiger partial charge >= 0.3 is 12.1 Å². The molecule has 2 atom stereocenters. The molecule has 2 heterocycles. The van der Waals surface area contributed by atoms with Gasteiger partial charge in [-0.1, -0.05) is 60.1 Å². The molecule has 0 saturated heterocycles. The van der Waals surface area contributed by atoms with Gasteiger partial charge in [-0.2, -0.15) is 0 Å². The molecule has 49 heavy (non-hydrogen) atoms. The summed E-state index contributed by atoms with van der Waals surface area (Å²) in [4.78, 5) is 47.7. The fourth-order valence-corrected chi connectivity index (χ4v) is 5.19. The molecule has 2 unspecified atom stereocenters. The first-order valence-corrected chi connectivity index (χ1v) is 16.1. The van der Waals surface area contributed by atoms with Crippen LogP contribution >= 0.6 is 0 Å². The summed E-state index contributed by atoms with van der Waals surface area (Å²) in [5.74, 6) is -1.05. The van der Waals surface area contributed by atoms with Gasteiger partial charge in [-0.15, -0.1) is 0 Å². The van der Waals surface area contributed by atoms with Crippen LogP contribution in [0.3, 0.4) is 0 Å². The van der Waals surface area contributed by atoms with E-state index >= 15 is 0 Å². The van der Waals surface area contributed by atoms with Gasteiger partial charge in [0.1, 0.15) is 17.4 Å². The van der Waals surface area contributed by atoms with Gasteiger partial charge in [-0.25, -0.2) is 9.59 Å². The molecule has 10 heteroatoms. The molecular weight excluding hydrogens is 620 g/mol. The van der Waals surface area contributed by atoms with E-state index in [4.69, 9.17) is 9.57 Å². The lowest BCUT2D eigenvalue weighted by molar-refractivity contribution is -0.139. The molecule has 1 aliphatic heterocycles. The minimum absolute atomic E-state index is 0.00862. The number of carboxylic acids is 1. The Hall–Kier alpha value is -5.77. The molecule has 3 N–H and O–H groups in total. The molecule has 2 amide bonds. The number of benzene rings is 3. The summed E-state index contributed by atoms with van der Waals surface area (Å²) >= 11 is 0. The molecule has 0 aliphatic carbocycles. The predicted octanol–water partition coefficient (Wildman–Crippen LogP) is 7.63. The van der Waals surface area contributed by atoms with Crippen molar-refractivity contribution >= 4 is 35.1 Å². The van der Waals surface area contributed by atoms with Crippen molar-refractivity contribution < 1.29 is 29.1 Å². The van der Waals surface area contributed by atoms with Crippen LogP contribution < -0.4 is 10.6 Å². The predicted molar refractivity (Wildman–Crippen MR) is 189 cm³/mol. The zero-order valence-corrected chi connectivity index (χ0v) is 28.2. The number of rotatable bonds is 9. The number of carbonyl (C=O) groups is 3. The number of hydrogen-bond donors (Lipinski definition) is 3. The quantitative estimate of drug-likeness (QED) is 0.168. The molecule has 0 radical (unpaired) electrons. The lowest BCUT2D eigenvalue weighted by Crippen LogP contribution is -2.42. The first-order chi connectivity index (χ1) is 23.3. The molecule has 0 bridgehead atoms. The second-order valence-electron chi connectivity index (χ2n) is 13.0. The Bertz CT molecular complexity index is 1870. The summed E-state index contributed by atoms with van der Waals surface area (Å²) < 4.78 is 5.31. The summed E-state index contributed by atoms with van der Waals surface area (Å²) in [5.41, 5.74) is 6.02. The highest BCUT2D eigenvalue weighted by Crippen LogP contribution is 2.26. The highest BCUT2D eigenvalue weighted by Gasteiger charge is 2.23. The van der Waals surface area contributed by atoms with Gasteiger partial charge in [0, 0.05) is 35.3 Å². The van der Waals surface area contributed by atoms with Crippen molar-refractivity contribution in [2.75, 3.05) is 5.32 Å². The summed E-state index contributed by atoms with van der Waals surface area (Å²) in [7, 11) is 0. The summed E-state index contributed by atoms with van der Waals surface area (Å²) in [5, 5.41) is 19.7. The van der Waals surface area contributed by atoms with E-state index < -0.39 is 29.6 Å². The van der Waals surface area contributed by atoms with E-state index in [2.05, 4.69) is 20.8 Å². The number of carboxylic acid groups (broad SMARTS) is 1. The molecule has 0 saturated carbocycles. The third-order valence-corrected chi connectivity index (χ3v) is 7.82. The van der Waals surface area contributed by atoms with Crippen LogP contribution in [0.25, 0.3) is 16.9 Å². The van der Waals surface area contributed by atoms with Crippen molar-refractivity contribution in [3.05, 3.63) is 125 Å². The van der Waals surface area contributed by atoms with Gasteiger partial charge in [0.05, 0.1) is 5.69 Å². The van der Waals surface area contributed by atoms with Crippen molar-refractivity contribution in [3.63, 3.8) is 0 Å². The third kappa shape index (κ3) is 9.41. The first-order valence-electron chi connectivity index (χ1n) is 16.1. The molecule has 0 spiro atoms. The molecule has 1 aliphatic rings. The standard InChI is InChI=1S/C39H40N4O6/c1-24-9-13-27(14-10-24)29-7-6-8-30(22-29)36(44)42-33(37(45)46)21-26-12-19-32(40-23-26)35-25(2)11-20-34(49-43-35)28-15-17-31(18-16-28)41-38(47)48-39(3,4)5/h6-10,12-20,22-23,25,33H,11,21H2,1-5H3,(H,41,47)(H,42,44)(H,45,46). The van der Waals surface area contributed by atoms with E-state index in [1.807, 2.05) is 62.4 Å². The molecular formula is C39H40N4O6. The lowest BCUT2D eigenvalue weighted by Gasteiger charge is -2.19. The van der Waals surface area contributed by atoms with Gasteiger partial charge in [-0.05, 0) is 99.3 Å². The van der Waals surface area contributed by atoms with Crippen LogP contribution in [-0.4, -0.2) is 45.4 Å². The van der Waals surface area contributed by atoms with Crippen LogP contribution in [0.1, 0.15) is 66.9 Å². The Kier molecular flexibility index (Phi) is 10.6. The number of amides is 2. The smallest absolute Gasteiger partial charge is 0.412 e. The van der Waals surface area contributed by atoms with Crippen molar-refractivity contribution in [2.24, 2.45) is 11.1 Å². The second-order valence-corrected chi connectivity index (χ2v) is 13.0. The van der Waals surface area contributed by atoms with Crippen LogP contribution in [0.2, 0.25) is 0 Å². The van der Waals surface area contributed by atoms with E-state index in [0.717, 1.165) is 22.3 Å². The maximum Gasteiger partial charge on any atom is 0.412 e. The minimum Gasteiger partial charge on any atom is -0.480 e. The van der Waals surface area contributed by atoms with Crippen molar-refractivity contribution in [1.29, 1.82) is 0 Å². The van der Waals surface area contributed by atoms with Gasteiger partial charge in [0.15, 0.2) is 5.76 Å². The van der Waals surface area contributed by atoms with Gasteiger partial charge in [-0.3, -0.25) is 15.1 Å². The SMILES string of the molecule is Cc1ccc(-c2cccc(C(=O)NC(Cc3ccc(C4=NOC(c5ccc(NC(=O)OC(C)(C)C)cc5)=CCC4C)nc3)C(=O)O)c2)cc1. The number of aryl methyl sites for hydroxylation is 1. The van der Waals surface area contributed by atoms with Gasteiger partial charge in [0.25, 0.3) is 5.91 Å². The summed E-state index contributed by atoms with van der Waals surface area (Å²) in [6.07, 6.45) is 3.72. The second kappa shape index (κ2) is 15.0. The Morgan fingerprint density at radius 1 is 0.959 bits per heavy atom. The third-order valence-electron chi connectivity index (χ3n) is 7.82. The molecule has 252 valence electrons. The summed E-state index contributed by atoms with van der Waals surface area (Å²) in [6, 6.07) is 24.7. The van der Waals surface area contributed by atoms with Gasteiger partial charge in [0.2, 0.25) is 0 Å². The van der Waals surface area contributed by atoms with Crippen LogP contribution in [0.4, 0.5) is 10.5 Å². The monoisotopic (exact) mass is 660 g/mol. The summed E-state index contributed by atoms with van der Waals surface area (Å²) in [6.45, 7) is 9.44. The average Bonchev–Trinajstić information content (AvgIpc) is 3.26. The number of hydrogen-bond acceptors (Lipinski definition) is 7. The number of aromatic nitrogens is 1. The van der Waals surface area contributed by atoms with Crippen molar-refractivity contribution in [3.8, 4) is 11.1 Å². The first kappa shape index (κ1) is 34.6. The maximum absolute atomic E-state index is 13.1. The van der Waals surface area contributed by atoms with E-state index in [9.17, 15) is 19.5 Å². The number of allylic oxidation sites excluding steroid dienone is 1. The Labute approximate surface area is 285 Å². The Morgan fingerprint density at radius 3 is 2.33 bits per heavy atom. The number of aliphatic carboxylic acids is 1. The Balaban J connectivity index is 1.21. The van der Waals surface area contributed by atoms with E-state index in [1.54, 1.807) is 69.4 Å². The molecule has 10 nitrogen and oxygen atoms in total. The number of carbonyl (C=O) groups excluding carboxylic acids is 2. The van der Waals surface area contributed by atoms with E-state index in [0.29, 0.717) is 40.4 Å². The van der Waals surface area contributed by atoms with Crippen molar-refractivity contribution in [2.45, 2.75) is 59.1 Å². The highest BCUT2D eigenvalue weighted by atomic mass is 16.6. The van der Waals surface area contributed by atoms with Crippen molar-refractivity contribution in [1.82, 2.24) is 10.3 Å². The van der Waals surface area contributed by atoms with Crippen LogP contribution in [-0.2, 0) is 20.8 Å². The normalized spacial score (nSPS) is 15.1. The number of nitrogens with zero attached hydrogens (tertiary/aromatic N) is 2. The maximum atomic E-state index is 13.1. The fourth-order valence-electron chi connectivity index (χ4n) is 5.19. The fraction of sp³-hybridized carbons (Fsp3) is 0.256. The lowest BCUT2D eigenvalue weighted by atomic mass is 9.97. The van der Waals surface area contributed by atoms with Crippen LogP contribution in [0.5, 0.6) is 0 Å². The largest absolute Gasteiger partial charge is 0.480 e. The number of nitrogens with one attached hydrogen (secondary N) is 2. The van der Waals surface area contributed by atoms with E-state index in [1.165, 1.54) is 0 Å². The number of anilines is 1. The van der Waals surface area contributed by atoms with Crippen LogP contribution in [0.15, 0.2) is 102 Å². The topological polar surface area (TPSA) is 139 Å². The molecule has 4 aromatic rings.